The number of benzene rings is 1. The van der Waals surface area contributed by atoms with Crippen LogP contribution in [-0.2, 0) is 17.2 Å². The minimum Gasteiger partial charge on any atom is -0.354 e. The fourth-order valence-electron chi connectivity index (χ4n) is 2.11. The highest BCUT2D eigenvalue weighted by Crippen LogP contribution is 2.19. The van der Waals surface area contributed by atoms with Crippen molar-refractivity contribution < 1.29 is 9.18 Å². The molecule has 0 aliphatic carbocycles. The zero-order valence-corrected chi connectivity index (χ0v) is 12.2. The highest BCUT2D eigenvalue weighted by atomic mass is 35.5. The van der Waals surface area contributed by atoms with Crippen molar-refractivity contribution in [2.45, 2.75) is 38.7 Å². The Labute approximate surface area is 121 Å². The highest BCUT2D eigenvalue weighted by molar-refractivity contribution is 6.16. The van der Waals surface area contributed by atoms with Crippen LogP contribution >= 0.6 is 11.6 Å². The smallest absolute Gasteiger partial charge is 0.221 e. The molecule has 0 aliphatic rings. The van der Waals surface area contributed by atoms with Crippen LogP contribution in [0.2, 0.25) is 0 Å². The second-order valence-corrected chi connectivity index (χ2v) is 5.19. The van der Waals surface area contributed by atoms with E-state index in [9.17, 15) is 9.18 Å². The van der Waals surface area contributed by atoms with Gasteiger partial charge in [-0.2, -0.15) is 0 Å². The molecule has 1 aromatic carbocycles. The van der Waals surface area contributed by atoms with Crippen LogP contribution in [0.4, 0.5) is 4.39 Å². The fraction of sp³-hybridized carbons (Fsp3) is 0.429. The fourth-order valence-corrected chi connectivity index (χ4v) is 2.32. The Kier molecular flexibility index (Phi) is 4.60. The van der Waals surface area contributed by atoms with Gasteiger partial charge in [-0.3, -0.25) is 4.79 Å². The summed E-state index contributed by atoms with van der Waals surface area (Å²) in [7, 11) is 0. The monoisotopic (exact) mass is 297 g/mol. The van der Waals surface area contributed by atoms with Crippen molar-refractivity contribution in [3.8, 4) is 0 Å². The molecule has 0 spiro atoms. The van der Waals surface area contributed by atoms with E-state index in [1.54, 1.807) is 6.07 Å². The molecular formula is C14H17ClFN3O. The van der Waals surface area contributed by atoms with E-state index in [-0.39, 0.29) is 23.6 Å². The quantitative estimate of drug-likeness (QED) is 0.863. The number of rotatable bonds is 5. The van der Waals surface area contributed by atoms with Crippen LogP contribution in [0.15, 0.2) is 18.2 Å². The molecule has 0 aliphatic heterocycles. The van der Waals surface area contributed by atoms with Gasteiger partial charge < -0.3 is 9.88 Å². The Morgan fingerprint density at radius 1 is 1.50 bits per heavy atom. The van der Waals surface area contributed by atoms with Crippen molar-refractivity contribution in [3.63, 3.8) is 0 Å². The molecule has 20 heavy (non-hydrogen) atoms. The first kappa shape index (κ1) is 14.8. The van der Waals surface area contributed by atoms with Crippen LogP contribution in [0.3, 0.4) is 0 Å². The number of amides is 1. The molecule has 2 aromatic rings. The van der Waals surface area contributed by atoms with E-state index in [2.05, 4.69) is 10.3 Å². The molecule has 0 fully saturated rings. The SMILES string of the molecule is CC(C)NC(=O)CCn1c(CCl)nc2cc(F)ccc21. The predicted molar refractivity (Wildman–Crippen MR) is 77.1 cm³/mol. The first-order valence-electron chi connectivity index (χ1n) is 6.51. The molecule has 1 aromatic heterocycles. The third-order valence-corrected chi connectivity index (χ3v) is 3.16. The van der Waals surface area contributed by atoms with Gasteiger partial charge in [0.25, 0.3) is 0 Å². The number of aromatic nitrogens is 2. The van der Waals surface area contributed by atoms with E-state index in [1.807, 2.05) is 18.4 Å². The number of carbonyl (C=O) groups excluding carboxylic acids is 1. The number of nitrogens with one attached hydrogen (secondary N) is 1. The second-order valence-electron chi connectivity index (χ2n) is 4.92. The second kappa shape index (κ2) is 6.22. The van der Waals surface area contributed by atoms with Gasteiger partial charge in [-0.05, 0) is 26.0 Å². The van der Waals surface area contributed by atoms with Crippen molar-refractivity contribution in [1.82, 2.24) is 14.9 Å². The normalized spacial score (nSPS) is 11.2. The van der Waals surface area contributed by atoms with Crippen LogP contribution in [0.5, 0.6) is 0 Å². The van der Waals surface area contributed by atoms with Gasteiger partial charge in [0, 0.05) is 25.1 Å². The van der Waals surface area contributed by atoms with Gasteiger partial charge in [-0.15, -0.1) is 11.6 Å². The number of aryl methyl sites for hydroxylation is 1. The van der Waals surface area contributed by atoms with Gasteiger partial charge in [0.2, 0.25) is 5.91 Å². The molecule has 0 atom stereocenters. The molecule has 1 N–H and O–H groups in total. The van der Waals surface area contributed by atoms with Gasteiger partial charge in [-0.1, -0.05) is 0 Å². The maximum absolute atomic E-state index is 13.2. The first-order chi connectivity index (χ1) is 9.51. The molecule has 1 amide bonds. The molecule has 2 rings (SSSR count). The maximum Gasteiger partial charge on any atom is 0.221 e. The Balaban J connectivity index is 2.22. The topological polar surface area (TPSA) is 46.9 Å². The molecule has 0 radical (unpaired) electrons. The number of halogens is 2. The number of hydrogen-bond acceptors (Lipinski definition) is 2. The number of fused-ring (bicyclic) bond motifs is 1. The Morgan fingerprint density at radius 2 is 2.25 bits per heavy atom. The van der Waals surface area contributed by atoms with Crippen molar-refractivity contribution in [1.29, 1.82) is 0 Å². The summed E-state index contributed by atoms with van der Waals surface area (Å²) in [6, 6.07) is 4.53. The zero-order chi connectivity index (χ0) is 14.7. The summed E-state index contributed by atoms with van der Waals surface area (Å²) in [5.74, 6) is 0.511. The van der Waals surface area contributed by atoms with E-state index >= 15 is 0 Å². The van der Waals surface area contributed by atoms with Gasteiger partial charge in [-0.25, -0.2) is 9.37 Å². The van der Waals surface area contributed by atoms with E-state index < -0.39 is 0 Å². The molecule has 0 bridgehead atoms. The number of hydrogen-bond donors (Lipinski definition) is 1. The zero-order valence-electron chi connectivity index (χ0n) is 11.5. The molecule has 6 heteroatoms. The van der Waals surface area contributed by atoms with Gasteiger partial charge >= 0.3 is 0 Å². The average molecular weight is 298 g/mol. The largest absolute Gasteiger partial charge is 0.354 e. The van der Waals surface area contributed by atoms with Gasteiger partial charge in [0.15, 0.2) is 0 Å². The third kappa shape index (κ3) is 3.28. The summed E-state index contributed by atoms with van der Waals surface area (Å²) in [6.07, 6.45) is 0.338. The van der Waals surface area contributed by atoms with Crippen LogP contribution in [-0.4, -0.2) is 21.5 Å². The van der Waals surface area contributed by atoms with Gasteiger partial charge in [0.1, 0.15) is 11.6 Å². The van der Waals surface area contributed by atoms with E-state index in [0.717, 1.165) is 5.52 Å². The summed E-state index contributed by atoms with van der Waals surface area (Å²) in [4.78, 5) is 16.0. The minimum atomic E-state index is -0.333. The van der Waals surface area contributed by atoms with Crippen LogP contribution in [0.25, 0.3) is 11.0 Å². The lowest BCUT2D eigenvalue weighted by Gasteiger charge is -2.10. The molecule has 4 nitrogen and oxygen atoms in total. The molecule has 1 heterocycles. The Morgan fingerprint density at radius 3 is 2.90 bits per heavy atom. The molecule has 108 valence electrons. The molecule has 0 saturated heterocycles. The highest BCUT2D eigenvalue weighted by Gasteiger charge is 2.12. The molecular weight excluding hydrogens is 281 g/mol. The lowest BCUT2D eigenvalue weighted by molar-refractivity contribution is -0.121. The maximum atomic E-state index is 13.2. The lowest BCUT2D eigenvalue weighted by atomic mass is 10.3. The minimum absolute atomic E-state index is 0.0236. The van der Waals surface area contributed by atoms with Crippen LogP contribution in [0, 0.1) is 5.82 Å². The Hall–Kier alpha value is -1.62. The van der Waals surface area contributed by atoms with E-state index in [1.165, 1.54) is 12.1 Å². The average Bonchev–Trinajstić information content (AvgIpc) is 2.72. The number of carbonyl (C=O) groups is 1. The third-order valence-electron chi connectivity index (χ3n) is 2.92. The van der Waals surface area contributed by atoms with Crippen molar-refractivity contribution in [2.24, 2.45) is 0 Å². The summed E-state index contributed by atoms with van der Waals surface area (Å²) >= 11 is 5.87. The van der Waals surface area contributed by atoms with Gasteiger partial charge in [0.05, 0.1) is 16.9 Å². The predicted octanol–water partition coefficient (Wildman–Crippen LogP) is 2.83. The summed E-state index contributed by atoms with van der Waals surface area (Å²) in [5.41, 5.74) is 1.35. The number of imidazole rings is 1. The van der Waals surface area contributed by atoms with Crippen LogP contribution in [0.1, 0.15) is 26.1 Å². The van der Waals surface area contributed by atoms with E-state index in [4.69, 9.17) is 11.6 Å². The van der Waals surface area contributed by atoms with Crippen molar-refractivity contribution in [2.75, 3.05) is 0 Å². The van der Waals surface area contributed by atoms with Crippen LogP contribution < -0.4 is 5.32 Å². The lowest BCUT2D eigenvalue weighted by Crippen LogP contribution is -2.30. The first-order valence-corrected chi connectivity index (χ1v) is 7.04. The standard InChI is InChI=1S/C14H17ClFN3O/c1-9(2)17-14(20)5-6-19-12-4-3-10(16)7-11(12)18-13(19)8-15/h3-4,7,9H,5-6,8H2,1-2H3,(H,17,20). The summed E-state index contributed by atoms with van der Waals surface area (Å²) in [5, 5.41) is 2.83. The number of nitrogens with zero attached hydrogens (tertiary/aromatic N) is 2. The Bertz CT molecular complexity index is 624. The molecule has 0 unspecified atom stereocenters. The van der Waals surface area contributed by atoms with Crippen molar-refractivity contribution >= 4 is 28.5 Å². The summed E-state index contributed by atoms with van der Waals surface area (Å²) in [6.45, 7) is 4.30. The number of alkyl halides is 1. The summed E-state index contributed by atoms with van der Waals surface area (Å²) < 4.78 is 15.1. The van der Waals surface area contributed by atoms with E-state index in [0.29, 0.717) is 24.3 Å². The molecule has 0 saturated carbocycles. The van der Waals surface area contributed by atoms with Crippen molar-refractivity contribution in [3.05, 3.63) is 29.8 Å².